The fourth-order valence-electron chi connectivity index (χ4n) is 1.72. The van der Waals surface area contributed by atoms with Crippen LogP contribution in [0.25, 0.3) is 0 Å². The van der Waals surface area contributed by atoms with E-state index in [2.05, 4.69) is 5.32 Å². The predicted molar refractivity (Wildman–Crippen MR) is 74.4 cm³/mol. The second-order valence-electron chi connectivity index (χ2n) is 4.64. The second-order valence-corrected chi connectivity index (χ2v) is 6.38. The van der Waals surface area contributed by atoms with Crippen LogP contribution in [-0.2, 0) is 16.6 Å². The molecule has 0 radical (unpaired) electrons. The van der Waals surface area contributed by atoms with E-state index in [-0.39, 0.29) is 4.90 Å². The fraction of sp³-hybridized carbons (Fsp3) is 0.538. The normalized spacial score (nSPS) is 12.6. The maximum absolute atomic E-state index is 12.1. The molecule has 0 bridgehead atoms. The van der Waals surface area contributed by atoms with Crippen molar-refractivity contribution in [2.75, 3.05) is 13.1 Å². The summed E-state index contributed by atoms with van der Waals surface area (Å²) in [7, 11) is -3.94. The Labute approximate surface area is 122 Å². The number of alkyl halides is 3. The summed E-state index contributed by atoms with van der Waals surface area (Å²) in [6, 6.07) is 4.91. The molecule has 0 saturated heterocycles. The van der Waals surface area contributed by atoms with Crippen molar-refractivity contribution >= 4 is 10.0 Å². The first-order valence-corrected chi connectivity index (χ1v) is 8.00. The third-order valence-electron chi connectivity index (χ3n) is 2.82. The lowest BCUT2D eigenvalue weighted by atomic mass is 10.1. The van der Waals surface area contributed by atoms with Gasteiger partial charge in [0.05, 0.1) is 11.3 Å². The molecular weight excluding hydrogens is 305 g/mol. The third kappa shape index (κ3) is 6.03. The van der Waals surface area contributed by atoms with E-state index >= 15 is 0 Å². The van der Waals surface area contributed by atoms with Crippen LogP contribution in [0.4, 0.5) is 13.2 Å². The van der Waals surface area contributed by atoms with Gasteiger partial charge < -0.3 is 5.32 Å². The fourth-order valence-corrected chi connectivity index (χ4v) is 3.04. The van der Waals surface area contributed by atoms with Crippen LogP contribution in [0, 0.1) is 6.92 Å². The SMILES string of the molecule is CCNCc1ccc(C)c(S(=O)(=O)NCCC(F)(F)F)c1. The van der Waals surface area contributed by atoms with Crippen LogP contribution in [0.1, 0.15) is 24.5 Å². The predicted octanol–water partition coefficient (Wildman–Crippen LogP) is 2.34. The largest absolute Gasteiger partial charge is 0.390 e. The summed E-state index contributed by atoms with van der Waals surface area (Å²) >= 11 is 0. The van der Waals surface area contributed by atoms with Crippen molar-refractivity contribution in [3.63, 3.8) is 0 Å². The number of aryl methyl sites for hydroxylation is 1. The Morgan fingerprint density at radius 2 is 1.90 bits per heavy atom. The summed E-state index contributed by atoms with van der Waals surface area (Å²) in [6.07, 6.45) is -5.58. The van der Waals surface area contributed by atoms with Crippen LogP contribution in [-0.4, -0.2) is 27.7 Å². The minimum absolute atomic E-state index is 0.0140. The molecule has 0 saturated carbocycles. The van der Waals surface area contributed by atoms with E-state index in [1.807, 2.05) is 11.6 Å². The highest BCUT2D eigenvalue weighted by Gasteiger charge is 2.28. The number of hydrogen-bond donors (Lipinski definition) is 2. The molecule has 0 spiro atoms. The molecule has 4 nitrogen and oxygen atoms in total. The summed E-state index contributed by atoms with van der Waals surface area (Å²) in [4.78, 5) is 0.0140. The van der Waals surface area contributed by atoms with Crippen LogP contribution in [0.3, 0.4) is 0 Å². The smallest absolute Gasteiger partial charge is 0.313 e. The molecule has 2 N–H and O–H groups in total. The average molecular weight is 324 g/mol. The number of rotatable bonds is 7. The van der Waals surface area contributed by atoms with Crippen molar-refractivity contribution in [3.05, 3.63) is 29.3 Å². The topological polar surface area (TPSA) is 58.2 Å². The van der Waals surface area contributed by atoms with E-state index in [0.717, 1.165) is 12.1 Å². The van der Waals surface area contributed by atoms with Gasteiger partial charge in [-0.05, 0) is 30.7 Å². The van der Waals surface area contributed by atoms with E-state index < -0.39 is 29.2 Å². The van der Waals surface area contributed by atoms with Gasteiger partial charge in [-0.3, -0.25) is 0 Å². The molecule has 0 aliphatic heterocycles. The van der Waals surface area contributed by atoms with E-state index in [1.165, 1.54) is 6.07 Å². The number of sulfonamides is 1. The van der Waals surface area contributed by atoms with Gasteiger partial charge in [0.15, 0.2) is 0 Å². The van der Waals surface area contributed by atoms with E-state index in [1.54, 1.807) is 19.1 Å². The molecule has 0 unspecified atom stereocenters. The Morgan fingerprint density at radius 1 is 1.24 bits per heavy atom. The first-order chi connectivity index (χ1) is 9.65. The van der Waals surface area contributed by atoms with Gasteiger partial charge in [0, 0.05) is 13.1 Å². The monoisotopic (exact) mass is 324 g/mol. The number of hydrogen-bond acceptors (Lipinski definition) is 3. The first kappa shape index (κ1) is 17.9. The van der Waals surface area contributed by atoms with Gasteiger partial charge in [-0.2, -0.15) is 13.2 Å². The lowest BCUT2D eigenvalue weighted by Gasteiger charge is -2.12. The molecule has 0 atom stereocenters. The quantitative estimate of drug-likeness (QED) is 0.809. The Bertz CT molecular complexity index is 571. The van der Waals surface area contributed by atoms with Crippen LogP contribution < -0.4 is 10.0 Å². The molecule has 1 aromatic rings. The zero-order chi connectivity index (χ0) is 16.1. The maximum Gasteiger partial charge on any atom is 0.390 e. The van der Waals surface area contributed by atoms with E-state index in [0.29, 0.717) is 12.1 Å². The van der Waals surface area contributed by atoms with Crippen molar-refractivity contribution in [3.8, 4) is 0 Å². The second kappa shape index (κ2) is 7.24. The summed E-state index contributed by atoms with van der Waals surface area (Å²) in [5, 5.41) is 3.06. The Hall–Kier alpha value is -1.12. The van der Waals surface area contributed by atoms with Gasteiger partial charge in [0.2, 0.25) is 10.0 Å². The summed E-state index contributed by atoms with van der Waals surface area (Å²) in [6.45, 7) is 4.10. The van der Waals surface area contributed by atoms with Crippen molar-refractivity contribution in [1.29, 1.82) is 0 Å². The zero-order valence-corrected chi connectivity index (χ0v) is 12.7. The molecule has 1 aromatic carbocycles. The highest BCUT2D eigenvalue weighted by molar-refractivity contribution is 7.89. The standard InChI is InChI=1S/C13H19F3N2O2S/c1-3-17-9-11-5-4-10(2)12(8-11)21(19,20)18-7-6-13(14,15)16/h4-5,8,17-18H,3,6-7,9H2,1-2H3. The lowest BCUT2D eigenvalue weighted by molar-refractivity contribution is -0.132. The van der Waals surface area contributed by atoms with Gasteiger partial charge in [0.25, 0.3) is 0 Å². The van der Waals surface area contributed by atoms with Crippen molar-refractivity contribution in [2.45, 2.75) is 37.9 Å². The van der Waals surface area contributed by atoms with Gasteiger partial charge in [-0.15, -0.1) is 0 Å². The van der Waals surface area contributed by atoms with Crippen molar-refractivity contribution in [2.24, 2.45) is 0 Å². The third-order valence-corrected chi connectivity index (χ3v) is 4.42. The summed E-state index contributed by atoms with van der Waals surface area (Å²) in [5.74, 6) is 0. The average Bonchev–Trinajstić information content (AvgIpc) is 2.35. The van der Waals surface area contributed by atoms with Crippen LogP contribution in [0.2, 0.25) is 0 Å². The van der Waals surface area contributed by atoms with Gasteiger partial charge in [-0.1, -0.05) is 19.1 Å². The van der Waals surface area contributed by atoms with E-state index in [9.17, 15) is 21.6 Å². The number of benzene rings is 1. The van der Waals surface area contributed by atoms with Crippen LogP contribution in [0.5, 0.6) is 0 Å². The highest BCUT2D eigenvalue weighted by atomic mass is 32.2. The Morgan fingerprint density at radius 3 is 2.48 bits per heavy atom. The minimum Gasteiger partial charge on any atom is -0.313 e. The molecule has 21 heavy (non-hydrogen) atoms. The Kier molecular flexibility index (Phi) is 6.18. The molecular formula is C13H19F3N2O2S. The molecule has 0 amide bonds. The minimum atomic E-state index is -4.38. The van der Waals surface area contributed by atoms with Crippen molar-refractivity contribution < 1.29 is 21.6 Å². The molecule has 120 valence electrons. The van der Waals surface area contributed by atoms with Crippen LogP contribution in [0.15, 0.2) is 23.1 Å². The van der Waals surface area contributed by atoms with Gasteiger partial charge in [-0.25, -0.2) is 13.1 Å². The summed E-state index contributed by atoms with van der Waals surface area (Å²) < 4.78 is 62.3. The van der Waals surface area contributed by atoms with Gasteiger partial charge >= 0.3 is 6.18 Å². The lowest BCUT2D eigenvalue weighted by Crippen LogP contribution is -2.28. The van der Waals surface area contributed by atoms with E-state index in [4.69, 9.17) is 0 Å². The zero-order valence-electron chi connectivity index (χ0n) is 11.9. The summed E-state index contributed by atoms with van der Waals surface area (Å²) in [5.41, 5.74) is 1.26. The van der Waals surface area contributed by atoms with Gasteiger partial charge in [0.1, 0.15) is 0 Å². The first-order valence-electron chi connectivity index (χ1n) is 6.52. The number of nitrogens with one attached hydrogen (secondary N) is 2. The molecule has 0 fully saturated rings. The van der Waals surface area contributed by atoms with Crippen LogP contribution >= 0.6 is 0 Å². The molecule has 8 heteroatoms. The Balaban J connectivity index is 2.86. The molecule has 1 rings (SSSR count). The molecule has 0 aliphatic carbocycles. The highest BCUT2D eigenvalue weighted by Crippen LogP contribution is 2.20. The number of halogens is 3. The van der Waals surface area contributed by atoms with Crippen molar-refractivity contribution in [1.82, 2.24) is 10.0 Å². The molecule has 0 aliphatic rings. The molecule has 0 heterocycles. The maximum atomic E-state index is 12.1. The molecule has 0 aromatic heterocycles.